The summed E-state index contributed by atoms with van der Waals surface area (Å²) in [5.74, 6) is 0.773. The van der Waals surface area contributed by atoms with Gasteiger partial charge in [0.1, 0.15) is 18.3 Å². The van der Waals surface area contributed by atoms with Gasteiger partial charge in [0.15, 0.2) is 0 Å². The zero-order chi connectivity index (χ0) is 13.4. The number of fused-ring (bicyclic) bond motifs is 1. The molecule has 1 amide bonds. The Labute approximate surface area is 109 Å². The van der Waals surface area contributed by atoms with E-state index in [4.69, 9.17) is 5.11 Å². The molecule has 0 bridgehead atoms. The van der Waals surface area contributed by atoms with Gasteiger partial charge in [0.05, 0.1) is 18.8 Å². The predicted octanol–water partition coefficient (Wildman–Crippen LogP) is 1.06. The Morgan fingerprint density at radius 3 is 2.95 bits per heavy atom. The topological polar surface area (TPSA) is 69.6 Å². The fourth-order valence-electron chi connectivity index (χ4n) is 2.68. The van der Waals surface area contributed by atoms with Crippen LogP contribution in [0.4, 0.5) is 15.0 Å². The van der Waals surface area contributed by atoms with Gasteiger partial charge in [-0.15, -0.1) is 0 Å². The van der Waals surface area contributed by atoms with E-state index >= 15 is 0 Å². The molecule has 0 saturated carbocycles. The van der Waals surface area contributed by atoms with Gasteiger partial charge in [-0.25, -0.2) is 19.2 Å². The van der Waals surface area contributed by atoms with E-state index in [9.17, 15) is 9.18 Å². The van der Waals surface area contributed by atoms with Crippen molar-refractivity contribution in [2.24, 2.45) is 0 Å². The lowest BCUT2D eigenvalue weighted by atomic mass is 10.1. The number of anilines is 1. The Balaban J connectivity index is 1.88. The van der Waals surface area contributed by atoms with Crippen LogP contribution in [0.15, 0.2) is 6.33 Å². The summed E-state index contributed by atoms with van der Waals surface area (Å²) in [6.45, 7) is 1.75. The van der Waals surface area contributed by atoms with Crippen molar-refractivity contribution in [2.75, 3.05) is 24.5 Å². The monoisotopic (exact) mass is 266 g/mol. The summed E-state index contributed by atoms with van der Waals surface area (Å²) in [5, 5.41) is 9.00. The van der Waals surface area contributed by atoms with Crippen LogP contribution in [0.5, 0.6) is 0 Å². The van der Waals surface area contributed by atoms with Crippen LogP contribution in [0, 0.1) is 0 Å². The maximum atomic E-state index is 13.3. The number of amides is 1. The average Bonchev–Trinajstić information content (AvgIpc) is 2.84. The average molecular weight is 266 g/mol. The van der Waals surface area contributed by atoms with E-state index in [0.29, 0.717) is 32.5 Å². The Hall–Kier alpha value is -1.92. The largest absolute Gasteiger partial charge is 0.465 e. The molecule has 102 valence electrons. The summed E-state index contributed by atoms with van der Waals surface area (Å²) >= 11 is 0. The van der Waals surface area contributed by atoms with Crippen LogP contribution in [0.1, 0.15) is 17.7 Å². The third kappa shape index (κ3) is 2.20. The molecule has 1 aromatic rings. The van der Waals surface area contributed by atoms with Gasteiger partial charge in [0.25, 0.3) is 0 Å². The van der Waals surface area contributed by atoms with E-state index in [-0.39, 0.29) is 6.54 Å². The van der Waals surface area contributed by atoms with Crippen LogP contribution in [0.3, 0.4) is 0 Å². The van der Waals surface area contributed by atoms with Gasteiger partial charge in [-0.2, -0.15) is 0 Å². The number of alkyl halides is 1. The molecule has 0 spiro atoms. The highest BCUT2D eigenvalue weighted by molar-refractivity contribution is 5.66. The third-order valence-electron chi connectivity index (χ3n) is 3.69. The molecule has 19 heavy (non-hydrogen) atoms. The van der Waals surface area contributed by atoms with Gasteiger partial charge in [0, 0.05) is 18.7 Å². The molecule has 1 unspecified atom stereocenters. The molecule has 0 radical (unpaired) electrons. The number of halogens is 1. The number of aromatic nitrogens is 2. The first-order valence-electron chi connectivity index (χ1n) is 6.35. The van der Waals surface area contributed by atoms with Crippen molar-refractivity contribution in [3.63, 3.8) is 0 Å². The molecule has 1 atom stereocenters. The Morgan fingerprint density at radius 1 is 1.42 bits per heavy atom. The highest BCUT2D eigenvalue weighted by atomic mass is 19.1. The molecule has 0 aromatic carbocycles. The Bertz CT molecular complexity index is 511. The number of rotatable bonds is 1. The van der Waals surface area contributed by atoms with Crippen LogP contribution in [0.25, 0.3) is 0 Å². The lowest BCUT2D eigenvalue weighted by Crippen LogP contribution is -2.36. The third-order valence-corrected chi connectivity index (χ3v) is 3.69. The standard InChI is InChI=1S/C12H15FN4O2/c13-8-1-3-16(5-8)11-9-2-4-17(12(18)19)6-10(9)14-7-15-11/h7-8H,1-6H2,(H,18,19). The van der Waals surface area contributed by atoms with Crippen LogP contribution in [-0.2, 0) is 13.0 Å². The van der Waals surface area contributed by atoms with Gasteiger partial charge in [-0.3, -0.25) is 0 Å². The molecule has 2 aliphatic rings. The molecule has 1 fully saturated rings. The van der Waals surface area contributed by atoms with Gasteiger partial charge in [-0.05, 0) is 12.8 Å². The van der Waals surface area contributed by atoms with E-state index in [2.05, 4.69) is 9.97 Å². The maximum absolute atomic E-state index is 13.3. The highest BCUT2D eigenvalue weighted by Crippen LogP contribution is 2.28. The second-order valence-electron chi connectivity index (χ2n) is 4.91. The molecule has 1 aromatic heterocycles. The number of nitrogens with zero attached hydrogens (tertiary/aromatic N) is 4. The Morgan fingerprint density at radius 2 is 2.26 bits per heavy atom. The molecule has 3 heterocycles. The molecule has 1 N–H and O–H groups in total. The highest BCUT2D eigenvalue weighted by Gasteiger charge is 2.29. The fraction of sp³-hybridized carbons (Fsp3) is 0.583. The number of carbonyl (C=O) groups is 1. The molecular weight excluding hydrogens is 251 g/mol. The summed E-state index contributed by atoms with van der Waals surface area (Å²) in [6.07, 6.45) is 0.816. The van der Waals surface area contributed by atoms with Crippen molar-refractivity contribution in [2.45, 2.75) is 25.6 Å². The molecule has 2 aliphatic heterocycles. The molecule has 6 nitrogen and oxygen atoms in total. The van der Waals surface area contributed by atoms with Gasteiger partial charge in [0.2, 0.25) is 0 Å². The lowest BCUT2D eigenvalue weighted by molar-refractivity contribution is 0.139. The van der Waals surface area contributed by atoms with Gasteiger partial charge in [-0.1, -0.05) is 0 Å². The first-order valence-corrected chi connectivity index (χ1v) is 6.35. The predicted molar refractivity (Wildman–Crippen MR) is 65.9 cm³/mol. The van der Waals surface area contributed by atoms with E-state index < -0.39 is 12.3 Å². The van der Waals surface area contributed by atoms with Crippen LogP contribution in [0.2, 0.25) is 0 Å². The fourth-order valence-corrected chi connectivity index (χ4v) is 2.68. The van der Waals surface area contributed by atoms with Crippen molar-refractivity contribution >= 4 is 11.9 Å². The number of hydrogen-bond donors (Lipinski definition) is 1. The summed E-state index contributed by atoms with van der Waals surface area (Å²) in [7, 11) is 0. The Kier molecular flexibility index (Phi) is 2.96. The first kappa shape index (κ1) is 12.1. The van der Waals surface area contributed by atoms with Crippen molar-refractivity contribution in [3.05, 3.63) is 17.6 Å². The minimum atomic E-state index is -0.934. The minimum absolute atomic E-state index is 0.285. The van der Waals surface area contributed by atoms with Crippen LogP contribution < -0.4 is 4.90 Å². The van der Waals surface area contributed by atoms with Crippen LogP contribution in [-0.4, -0.2) is 51.9 Å². The number of carboxylic acid groups (broad SMARTS) is 1. The van der Waals surface area contributed by atoms with Crippen molar-refractivity contribution < 1.29 is 14.3 Å². The van der Waals surface area contributed by atoms with E-state index in [1.807, 2.05) is 4.90 Å². The van der Waals surface area contributed by atoms with Crippen molar-refractivity contribution in [1.29, 1.82) is 0 Å². The minimum Gasteiger partial charge on any atom is -0.465 e. The molecule has 0 aliphatic carbocycles. The van der Waals surface area contributed by atoms with E-state index in [1.165, 1.54) is 11.2 Å². The summed E-state index contributed by atoms with van der Waals surface area (Å²) in [4.78, 5) is 22.7. The molecule has 3 rings (SSSR count). The summed E-state index contributed by atoms with van der Waals surface area (Å²) < 4.78 is 13.3. The second kappa shape index (κ2) is 4.64. The molecule has 1 saturated heterocycles. The lowest BCUT2D eigenvalue weighted by Gasteiger charge is -2.28. The summed E-state index contributed by atoms with van der Waals surface area (Å²) in [6, 6.07) is 0. The number of hydrogen-bond acceptors (Lipinski definition) is 4. The molecule has 7 heteroatoms. The normalized spacial score (nSPS) is 22.5. The molecular formula is C12H15FN4O2. The van der Waals surface area contributed by atoms with Crippen LogP contribution >= 0.6 is 0 Å². The second-order valence-corrected chi connectivity index (χ2v) is 4.91. The van der Waals surface area contributed by atoms with E-state index in [1.54, 1.807) is 0 Å². The smallest absolute Gasteiger partial charge is 0.407 e. The van der Waals surface area contributed by atoms with E-state index in [0.717, 1.165) is 17.1 Å². The first-order chi connectivity index (χ1) is 9.15. The van der Waals surface area contributed by atoms with Gasteiger partial charge < -0.3 is 14.9 Å². The zero-order valence-electron chi connectivity index (χ0n) is 10.4. The zero-order valence-corrected chi connectivity index (χ0v) is 10.4. The van der Waals surface area contributed by atoms with Crippen molar-refractivity contribution in [1.82, 2.24) is 14.9 Å². The SMILES string of the molecule is O=C(O)N1CCc2c(ncnc2N2CCC(F)C2)C1. The van der Waals surface area contributed by atoms with Gasteiger partial charge >= 0.3 is 6.09 Å². The maximum Gasteiger partial charge on any atom is 0.407 e. The summed E-state index contributed by atoms with van der Waals surface area (Å²) in [5.41, 5.74) is 1.70. The quantitative estimate of drug-likeness (QED) is 0.823. The van der Waals surface area contributed by atoms with Crippen molar-refractivity contribution in [3.8, 4) is 0 Å².